The molecule has 14 heteroatoms. The van der Waals surface area contributed by atoms with Crippen molar-refractivity contribution in [2.24, 2.45) is 0 Å². The number of hydrogen-bond acceptors (Lipinski definition) is 9. The van der Waals surface area contributed by atoms with Crippen LogP contribution in [-0.4, -0.2) is 52.7 Å². The first kappa shape index (κ1) is 21.5. The van der Waals surface area contributed by atoms with Crippen molar-refractivity contribution in [1.29, 1.82) is 0 Å². The Labute approximate surface area is 176 Å². The number of methoxy groups -OCH3 is 1. The van der Waals surface area contributed by atoms with Gasteiger partial charge in [0.05, 0.1) is 13.7 Å². The molecular weight excluding hydrogens is 438 g/mol. The number of anilines is 1. The van der Waals surface area contributed by atoms with E-state index in [1.807, 2.05) is 11.6 Å². The van der Waals surface area contributed by atoms with E-state index in [9.17, 15) is 13.2 Å². The summed E-state index contributed by atoms with van der Waals surface area (Å²) in [6.45, 7) is 3.97. The van der Waals surface area contributed by atoms with Crippen molar-refractivity contribution in [3.63, 3.8) is 0 Å². The van der Waals surface area contributed by atoms with E-state index in [1.54, 1.807) is 13.0 Å². The molecule has 3 rings (SSSR count). The van der Waals surface area contributed by atoms with Crippen molar-refractivity contribution in [2.45, 2.75) is 25.3 Å². The summed E-state index contributed by atoms with van der Waals surface area (Å²) in [5, 5.41) is 5.44. The summed E-state index contributed by atoms with van der Waals surface area (Å²) in [5.74, 6) is 0.242. The van der Waals surface area contributed by atoms with Crippen LogP contribution in [0.3, 0.4) is 0 Å². The fraction of sp³-hybridized carbons (Fsp3) is 0.312. The minimum Gasteiger partial charge on any atom is -0.481 e. The average molecular weight is 456 g/mol. The van der Waals surface area contributed by atoms with Crippen LogP contribution in [0.15, 0.2) is 23.2 Å². The van der Waals surface area contributed by atoms with Crippen LogP contribution in [0.5, 0.6) is 11.8 Å². The molecule has 0 saturated heterocycles. The van der Waals surface area contributed by atoms with E-state index in [-0.39, 0.29) is 28.5 Å². The highest BCUT2D eigenvalue weighted by atomic mass is 35.5. The normalized spacial score (nSPS) is 11.3. The Morgan fingerprint density at radius 2 is 2.00 bits per heavy atom. The molecule has 3 heterocycles. The fourth-order valence-electron chi connectivity index (χ4n) is 2.38. The molecule has 0 aliphatic heterocycles. The molecule has 0 aliphatic carbocycles. The summed E-state index contributed by atoms with van der Waals surface area (Å²) < 4.78 is 38.8. The predicted molar refractivity (Wildman–Crippen MR) is 106 cm³/mol. The number of rotatable bonds is 7. The van der Waals surface area contributed by atoms with Crippen LogP contribution in [0, 0.1) is 6.92 Å². The zero-order valence-electron chi connectivity index (χ0n) is 16.2. The second kappa shape index (κ2) is 8.67. The van der Waals surface area contributed by atoms with Crippen LogP contribution < -0.4 is 19.5 Å². The van der Waals surface area contributed by atoms with E-state index in [0.717, 1.165) is 10.9 Å². The lowest BCUT2D eigenvalue weighted by Gasteiger charge is -2.09. The number of aromatic nitrogens is 5. The summed E-state index contributed by atoms with van der Waals surface area (Å²) in [5.41, 5.74) is 0.671. The minimum absolute atomic E-state index is 0.142. The van der Waals surface area contributed by atoms with E-state index in [1.165, 1.54) is 19.2 Å². The lowest BCUT2D eigenvalue weighted by atomic mass is 10.4. The molecule has 0 unspecified atom stereocenters. The number of amides is 2. The maximum atomic E-state index is 12.8. The number of ether oxygens (including phenoxy) is 2. The number of fused-ring (bicyclic) bond motifs is 1. The van der Waals surface area contributed by atoms with Crippen LogP contribution in [0.4, 0.5) is 10.7 Å². The largest absolute Gasteiger partial charge is 0.481 e. The Hall–Kier alpha value is -3.19. The molecule has 12 nitrogen and oxygen atoms in total. The monoisotopic (exact) mass is 455 g/mol. The number of carbonyl (C=O) groups is 1. The molecule has 0 spiro atoms. The van der Waals surface area contributed by atoms with Crippen LogP contribution in [0.1, 0.15) is 19.0 Å². The number of aryl methyl sites for hydroxylation is 1. The topological polar surface area (TPSA) is 150 Å². The summed E-state index contributed by atoms with van der Waals surface area (Å²) in [6, 6.07) is 3.47. The van der Waals surface area contributed by atoms with Gasteiger partial charge >= 0.3 is 6.03 Å². The SMILES string of the molecule is CCCOc1ccc2nc(Cl)c(S(=O)(=O)NC(=O)Nc3nc(C)cc(OC)n3)n2n1. The molecule has 30 heavy (non-hydrogen) atoms. The van der Waals surface area contributed by atoms with Crippen molar-refractivity contribution in [3.05, 3.63) is 29.0 Å². The quantitative estimate of drug-likeness (QED) is 0.543. The minimum atomic E-state index is -4.46. The Morgan fingerprint density at radius 1 is 1.23 bits per heavy atom. The molecule has 0 bridgehead atoms. The van der Waals surface area contributed by atoms with Crippen molar-refractivity contribution >= 4 is 39.3 Å². The highest BCUT2D eigenvalue weighted by Crippen LogP contribution is 2.23. The molecule has 0 aliphatic rings. The third-order valence-electron chi connectivity index (χ3n) is 3.57. The number of sulfonamides is 1. The van der Waals surface area contributed by atoms with Crippen molar-refractivity contribution in [1.82, 2.24) is 29.3 Å². The first-order valence-corrected chi connectivity index (χ1v) is 10.5. The number of hydrogen-bond donors (Lipinski definition) is 2. The van der Waals surface area contributed by atoms with Crippen LogP contribution in [0.25, 0.3) is 5.65 Å². The van der Waals surface area contributed by atoms with E-state index < -0.39 is 21.1 Å². The van der Waals surface area contributed by atoms with Crippen LogP contribution in [0.2, 0.25) is 5.15 Å². The second-order valence-corrected chi connectivity index (χ2v) is 7.89. The molecule has 0 atom stereocenters. The Morgan fingerprint density at radius 3 is 2.70 bits per heavy atom. The van der Waals surface area contributed by atoms with Crippen molar-refractivity contribution in [2.75, 3.05) is 19.0 Å². The van der Waals surface area contributed by atoms with Gasteiger partial charge in [-0.05, 0) is 19.4 Å². The van der Waals surface area contributed by atoms with Crippen molar-refractivity contribution < 1.29 is 22.7 Å². The maximum Gasteiger partial charge on any atom is 0.335 e. The maximum absolute atomic E-state index is 12.8. The molecule has 3 aromatic rings. The number of imidazole rings is 1. The number of urea groups is 1. The number of carbonyl (C=O) groups excluding carboxylic acids is 1. The molecule has 0 saturated carbocycles. The van der Waals surface area contributed by atoms with Crippen LogP contribution >= 0.6 is 11.6 Å². The summed E-state index contributed by atoms with van der Waals surface area (Å²) in [6.07, 6.45) is 0.739. The van der Waals surface area contributed by atoms with E-state index in [2.05, 4.69) is 25.4 Å². The highest BCUT2D eigenvalue weighted by molar-refractivity contribution is 7.90. The first-order chi connectivity index (χ1) is 14.2. The van der Waals surface area contributed by atoms with Gasteiger partial charge in [-0.3, -0.25) is 5.32 Å². The predicted octanol–water partition coefficient (Wildman–Crippen LogP) is 1.79. The zero-order chi connectivity index (χ0) is 21.9. The van der Waals surface area contributed by atoms with Gasteiger partial charge in [-0.25, -0.2) is 19.5 Å². The van der Waals surface area contributed by atoms with Gasteiger partial charge < -0.3 is 9.47 Å². The average Bonchev–Trinajstić information content (AvgIpc) is 3.00. The fourth-order valence-corrected chi connectivity index (χ4v) is 3.87. The number of halogens is 1. The summed E-state index contributed by atoms with van der Waals surface area (Å²) in [7, 11) is -3.06. The third-order valence-corrected chi connectivity index (χ3v) is 5.28. The molecular formula is C16H18ClN7O5S. The number of nitrogens with zero attached hydrogens (tertiary/aromatic N) is 5. The molecule has 0 radical (unpaired) electrons. The lowest BCUT2D eigenvalue weighted by Crippen LogP contribution is -2.35. The van der Waals surface area contributed by atoms with Gasteiger partial charge in [-0.15, -0.1) is 5.10 Å². The van der Waals surface area contributed by atoms with Gasteiger partial charge in [0.2, 0.25) is 22.7 Å². The highest BCUT2D eigenvalue weighted by Gasteiger charge is 2.28. The molecule has 160 valence electrons. The second-order valence-electron chi connectivity index (χ2n) is 5.93. The molecule has 3 aromatic heterocycles. The smallest absolute Gasteiger partial charge is 0.335 e. The van der Waals surface area contributed by atoms with Crippen LogP contribution in [-0.2, 0) is 10.0 Å². The van der Waals surface area contributed by atoms with Gasteiger partial charge in [-0.2, -0.15) is 17.9 Å². The van der Waals surface area contributed by atoms with Gasteiger partial charge in [0.15, 0.2) is 10.8 Å². The van der Waals surface area contributed by atoms with E-state index in [0.29, 0.717) is 12.3 Å². The zero-order valence-corrected chi connectivity index (χ0v) is 17.8. The first-order valence-electron chi connectivity index (χ1n) is 8.65. The van der Waals surface area contributed by atoms with Gasteiger partial charge in [0.1, 0.15) is 0 Å². The third kappa shape index (κ3) is 4.68. The number of nitrogens with one attached hydrogen (secondary N) is 2. The Balaban J connectivity index is 1.87. The molecule has 0 aromatic carbocycles. The molecule has 0 fully saturated rings. The van der Waals surface area contributed by atoms with Gasteiger partial charge in [0.25, 0.3) is 10.0 Å². The van der Waals surface area contributed by atoms with Gasteiger partial charge in [0, 0.05) is 17.8 Å². The Kier molecular flexibility index (Phi) is 6.22. The summed E-state index contributed by atoms with van der Waals surface area (Å²) >= 11 is 6.01. The van der Waals surface area contributed by atoms with E-state index >= 15 is 0 Å². The summed E-state index contributed by atoms with van der Waals surface area (Å²) in [4.78, 5) is 24.1. The lowest BCUT2D eigenvalue weighted by molar-refractivity contribution is 0.256. The van der Waals surface area contributed by atoms with Crippen molar-refractivity contribution in [3.8, 4) is 11.8 Å². The van der Waals surface area contributed by atoms with Gasteiger partial charge in [-0.1, -0.05) is 18.5 Å². The standard InChI is InChI=1S/C16H18ClN7O5S/c1-4-7-29-11-6-5-10-19-13(17)14(24(10)22-11)30(26,27)23-16(25)21-15-18-9(2)8-12(20-15)28-3/h5-6,8H,4,7H2,1-3H3,(H2,18,20,21,23,25). The molecule has 2 N–H and O–H groups in total. The van der Waals surface area contributed by atoms with E-state index in [4.69, 9.17) is 21.1 Å². The Bertz CT molecular complexity index is 1200. The molecule has 2 amide bonds.